The summed E-state index contributed by atoms with van der Waals surface area (Å²) in [7, 11) is -1.46. The van der Waals surface area contributed by atoms with Crippen LogP contribution in [-0.4, -0.2) is 176 Å². The summed E-state index contributed by atoms with van der Waals surface area (Å²) in [5, 5.41) is 52.7. The van der Waals surface area contributed by atoms with Gasteiger partial charge >= 0.3 is 29.8 Å². The van der Waals surface area contributed by atoms with Crippen LogP contribution in [0.2, 0.25) is 0 Å². The lowest BCUT2D eigenvalue weighted by molar-refractivity contribution is -0.146. The maximum atomic E-state index is 14.1. The quantitative estimate of drug-likeness (QED) is 0.0153. The van der Waals surface area contributed by atoms with Crippen molar-refractivity contribution in [3.8, 4) is 17.6 Å². The van der Waals surface area contributed by atoms with Crippen molar-refractivity contribution < 1.29 is 85.6 Å². The standard InChI is InChI=1S/C61H91N7O18S/c1-47-49(46-62)60(63-29-38-81-41-42-86-58(76)28-16-9-21-37-83-55(73)27-15-8-20-36-82-54(72)24-12-5-17-33-69)65-61(64-48-22-10-4-11-23-48)59(47)67-66-50-44-52(80-3)53(45-51(50)79-2)87(77,78)43-32-68(30-39-84-56(74)25-13-6-18-34-70)31-40-85-57(75)26-14-7-19-35-71/h4,10-11,22-23,44-45,69-71H,5-9,12-21,24-43H2,1-3H3,(H2,63,64,65)/b67-66+. The molecule has 0 aliphatic carbocycles. The number of carbonyl (C=O) groups excluding carboxylic acids is 5. The molecule has 0 bridgehead atoms. The molecule has 25 nitrogen and oxygen atoms in total. The number of unbranched alkanes of at least 4 members (excludes halogenated alkanes) is 10. The van der Waals surface area contributed by atoms with Gasteiger partial charge in [0.15, 0.2) is 15.7 Å². The van der Waals surface area contributed by atoms with Crippen molar-refractivity contribution in [3.63, 3.8) is 0 Å². The van der Waals surface area contributed by atoms with E-state index in [2.05, 4.69) is 26.9 Å². The van der Waals surface area contributed by atoms with Crippen LogP contribution >= 0.6 is 0 Å². The number of ether oxygens (including phenoxy) is 8. The number of hydrogen-bond acceptors (Lipinski definition) is 25. The van der Waals surface area contributed by atoms with Gasteiger partial charge in [0.05, 0.1) is 52.0 Å². The SMILES string of the molecule is COc1cc(S(=O)(=O)CCN(CCOC(=O)CCCCCO)CCOC(=O)CCCCCO)c(OC)cc1/N=N/c1c(Nc2ccccc2)nc(NCCOCCOC(=O)CCCCCOC(=O)CCCCCOC(=O)CCCCCO)c(C#N)c1C. The van der Waals surface area contributed by atoms with Crippen molar-refractivity contribution in [2.24, 2.45) is 10.2 Å². The van der Waals surface area contributed by atoms with E-state index in [1.54, 1.807) is 11.8 Å². The second kappa shape index (κ2) is 45.3. The van der Waals surface area contributed by atoms with Crippen LogP contribution in [0.4, 0.5) is 28.7 Å². The van der Waals surface area contributed by atoms with Crippen LogP contribution < -0.4 is 20.1 Å². The molecule has 0 saturated carbocycles. The first-order valence-corrected chi connectivity index (χ1v) is 31.7. The topological polar surface area (TPSA) is 343 Å². The van der Waals surface area contributed by atoms with Crippen molar-refractivity contribution in [2.75, 3.05) is 123 Å². The number of rotatable bonds is 50. The fourth-order valence-corrected chi connectivity index (χ4v) is 9.89. The molecule has 0 unspecified atom stereocenters. The molecule has 0 aliphatic rings. The van der Waals surface area contributed by atoms with E-state index in [0.717, 1.165) is 12.8 Å². The van der Waals surface area contributed by atoms with Crippen molar-refractivity contribution in [1.29, 1.82) is 5.26 Å². The Hall–Kier alpha value is -7.02. The summed E-state index contributed by atoms with van der Waals surface area (Å²) < 4.78 is 71.8. The summed E-state index contributed by atoms with van der Waals surface area (Å²) in [6, 6.07) is 14.0. The minimum absolute atomic E-state index is 0.0325. The average Bonchev–Trinajstić information content (AvgIpc) is 1.44. The molecule has 1 aromatic heterocycles. The number of nitrogens with one attached hydrogen (secondary N) is 2. The van der Waals surface area contributed by atoms with Gasteiger partial charge in [-0.15, -0.1) is 10.2 Å². The Morgan fingerprint density at radius 3 is 1.54 bits per heavy atom. The third-order valence-corrected chi connectivity index (χ3v) is 15.1. The third-order valence-electron chi connectivity index (χ3n) is 13.4. The number of hydrogen-bond donors (Lipinski definition) is 5. The lowest BCUT2D eigenvalue weighted by Gasteiger charge is -2.22. The Morgan fingerprint density at radius 2 is 1.06 bits per heavy atom. The molecule has 0 amide bonds. The fourth-order valence-electron chi connectivity index (χ4n) is 8.44. The Kier molecular flexibility index (Phi) is 38.6. The predicted molar refractivity (Wildman–Crippen MR) is 323 cm³/mol. The Balaban J connectivity index is 1.58. The summed E-state index contributed by atoms with van der Waals surface area (Å²) in [6.45, 7) is 3.21. The number of aliphatic hydroxyl groups excluding tert-OH is 3. The van der Waals surface area contributed by atoms with E-state index in [4.69, 9.17) is 58.2 Å². The Labute approximate surface area is 511 Å². The second-order valence-corrected chi connectivity index (χ2v) is 22.2. The number of nitrogens with zero attached hydrogens (tertiary/aromatic N) is 5. The van der Waals surface area contributed by atoms with Crippen molar-refractivity contribution in [2.45, 2.75) is 140 Å². The van der Waals surface area contributed by atoms with E-state index in [9.17, 15) is 37.7 Å². The number of benzene rings is 2. The largest absolute Gasteiger partial charge is 0.495 e. The molecular formula is C61H91N7O18S. The van der Waals surface area contributed by atoms with E-state index in [-0.39, 0.29) is 174 Å². The maximum Gasteiger partial charge on any atom is 0.305 e. The van der Waals surface area contributed by atoms with Gasteiger partial charge in [-0.05, 0) is 96.1 Å². The molecule has 0 atom stereocenters. The van der Waals surface area contributed by atoms with Gasteiger partial charge in [0.1, 0.15) is 59.5 Å². The maximum absolute atomic E-state index is 14.1. The molecule has 3 rings (SSSR count). The highest BCUT2D eigenvalue weighted by Crippen LogP contribution is 2.41. The number of sulfone groups is 1. The predicted octanol–water partition coefficient (Wildman–Crippen LogP) is 8.44. The van der Waals surface area contributed by atoms with Gasteiger partial charge in [0.2, 0.25) is 0 Å². The minimum atomic E-state index is -4.11. The van der Waals surface area contributed by atoms with E-state index in [0.29, 0.717) is 108 Å². The van der Waals surface area contributed by atoms with Crippen molar-refractivity contribution in [3.05, 3.63) is 53.6 Å². The number of azo groups is 1. The molecule has 2 aromatic carbocycles. The van der Waals surface area contributed by atoms with Crippen LogP contribution in [0.1, 0.15) is 140 Å². The summed E-state index contributed by atoms with van der Waals surface area (Å²) in [4.78, 5) is 67.1. The number of esters is 5. The van der Waals surface area contributed by atoms with Gasteiger partial charge in [-0.3, -0.25) is 28.9 Å². The number of aromatic nitrogens is 1. The molecule has 0 radical (unpaired) electrons. The summed E-state index contributed by atoms with van der Waals surface area (Å²) in [5.41, 5.74) is 1.51. The fraction of sp³-hybridized carbons (Fsp3) is 0.623. The van der Waals surface area contributed by atoms with E-state index in [1.807, 2.05) is 30.3 Å². The van der Waals surface area contributed by atoms with Crippen LogP contribution in [0, 0.1) is 18.3 Å². The molecule has 1 heterocycles. The zero-order valence-electron chi connectivity index (χ0n) is 50.9. The van der Waals surface area contributed by atoms with Gasteiger partial charge in [-0.1, -0.05) is 37.5 Å². The number of pyridine rings is 1. The molecule has 0 fully saturated rings. The Morgan fingerprint density at radius 1 is 0.575 bits per heavy atom. The first kappa shape index (κ1) is 74.2. The second-order valence-electron chi connectivity index (χ2n) is 20.2. The smallest absolute Gasteiger partial charge is 0.305 e. The third kappa shape index (κ3) is 31.5. The van der Waals surface area contributed by atoms with Gasteiger partial charge in [-0.2, -0.15) is 5.26 Å². The zero-order valence-corrected chi connectivity index (χ0v) is 51.7. The van der Waals surface area contributed by atoms with E-state index < -0.39 is 27.5 Å². The first-order valence-electron chi connectivity index (χ1n) is 30.0. The molecule has 5 N–H and O–H groups in total. The number of anilines is 3. The lowest BCUT2D eigenvalue weighted by atomic mass is 10.1. The Bertz CT molecular complexity index is 2660. The number of carbonyl (C=O) groups is 5. The zero-order chi connectivity index (χ0) is 63.3. The summed E-state index contributed by atoms with van der Waals surface area (Å²) in [6.07, 6.45) is 10.8. The van der Waals surface area contributed by atoms with Crippen LogP contribution in [0.3, 0.4) is 0 Å². The van der Waals surface area contributed by atoms with Gasteiger partial charge in [-0.25, -0.2) is 13.4 Å². The minimum Gasteiger partial charge on any atom is -0.495 e. The number of methoxy groups -OCH3 is 2. The van der Waals surface area contributed by atoms with Crippen LogP contribution in [0.15, 0.2) is 57.6 Å². The van der Waals surface area contributed by atoms with Gasteiger partial charge in [0.25, 0.3) is 0 Å². The highest BCUT2D eigenvalue weighted by atomic mass is 32.2. The molecule has 3 aromatic rings. The molecule has 0 saturated heterocycles. The van der Waals surface area contributed by atoms with Crippen LogP contribution in [-0.2, 0) is 62.2 Å². The van der Waals surface area contributed by atoms with Crippen molar-refractivity contribution >= 4 is 68.4 Å². The molecule has 26 heteroatoms. The number of aliphatic hydroxyl groups is 3. The van der Waals surface area contributed by atoms with Crippen LogP contribution in [0.5, 0.6) is 11.5 Å². The van der Waals surface area contributed by atoms with E-state index >= 15 is 0 Å². The molecule has 87 heavy (non-hydrogen) atoms. The van der Waals surface area contributed by atoms with E-state index in [1.165, 1.54) is 26.4 Å². The first-order chi connectivity index (χ1) is 42.2. The average molecular weight is 1240 g/mol. The normalized spacial score (nSPS) is 11.3. The highest BCUT2D eigenvalue weighted by molar-refractivity contribution is 7.91. The van der Waals surface area contributed by atoms with Gasteiger partial charge in [0, 0.05) is 101 Å². The lowest BCUT2D eigenvalue weighted by Crippen LogP contribution is -2.36. The van der Waals surface area contributed by atoms with Crippen LogP contribution in [0.25, 0.3) is 0 Å². The summed E-state index contributed by atoms with van der Waals surface area (Å²) >= 11 is 0. The van der Waals surface area contributed by atoms with Gasteiger partial charge < -0.3 is 63.8 Å². The number of nitriles is 1. The molecular weight excluding hydrogens is 1150 g/mol. The summed E-state index contributed by atoms with van der Waals surface area (Å²) in [5.74, 6) is -1.71. The molecule has 0 aliphatic heterocycles. The molecule has 484 valence electrons. The monoisotopic (exact) mass is 1240 g/mol. The van der Waals surface area contributed by atoms with Crippen molar-refractivity contribution in [1.82, 2.24) is 9.88 Å². The molecule has 0 spiro atoms. The number of para-hydroxylation sites is 1. The highest BCUT2D eigenvalue weighted by Gasteiger charge is 2.25.